The summed E-state index contributed by atoms with van der Waals surface area (Å²) in [5.41, 5.74) is 1.92. The molecule has 0 aliphatic carbocycles. The predicted molar refractivity (Wildman–Crippen MR) is 110 cm³/mol. The van der Waals surface area contributed by atoms with E-state index in [2.05, 4.69) is 23.9 Å². The fraction of sp³-hybridized carbons (Fsp3) is 0.364. The Morgan fingerprint density at radius 1 is 1.07 bits per heavy atom. The van der Waals surface area contributed by atoms with Crippen molar-refractivity contribution in [1.82, 2.24) is 14.8 Å². The normalized spacial score (nSPS) is 17.8. The van der Waals surface area contributed by atoms with Crippen LogP contribution in [0, 0.1) is 12.3 Å². The van der Waals surface area contributed by atoms with Crippen molar-refractivity contribution in [2.24, 2.45) is 5.41 Å². The number of aryl methyl sites for hydroxylation is 1. The molecule has 29 heavy (non-hydrogen) atoms. The molecule has 0 saturated carbocycles. The first-order chi connectivity index (χ1) is 13.9. The number of benzene rings is 2. The van der Waals surface area contributed by atoms with Crippen molar-refractivity contribution in [3.8, 4) is 11.5 Å². The Hall–Kier alpha value is -2.41. The molecule has 1 aromatic heterocycles. The second-order valence-corrected chi connectivity index (χ2v) is 8.56. The molecule has 1 aliphatic heterocycles. The molecule has 6 nitrogen and oxygen atoms in total. The van der Waals surface area contributed by atoms with Crippen LogP contribution in [0.15, 0.2) is 55.1 Å². The summed E-state index contributed by atoms with van der Waals surface area (Å²) in [5.74, 6) is 0.540. The van der Waals surface area contributed by atoms with Crippen molar-refractivity contribution in [3.63, 3.8) is 0 Å². The van der Waals surface area contributed by atoms with Gasteiger partial charge in [-0.2, -0.15) is 5.10 Å². The van der Waals surface area contributed by atoms with E-state index < -0.39 is 5.79 Å². The lowest BCUT2D eigenvalue weighted by Crippen LogP contribution is -2.48. The zero-order valence-corrected chi connectivity index (χ0v) is 17.5. The second-order valence-electron chi connectivity index (χ2n) is 8.12. The largest absolute Gasteiger partial charge is 0.457 e. The molecule has 0 unspecified atom stereocenters. The quantitative estimate of drug-likeness (QED) is 0.591. The van der Waals surface area contributed by atoms with Crippen LogP contribution in [-0.2, 0) is 21.8 Å². The maximum absolute atomic E-state index is 6.33. The maximum atomic E-state index is 6.33. The molecule has 3 aromatic rings. The van der Waals surface area contributed by atoms with Crippen LogP contribution in [0.25, 0.3) is 0 Å². The van der Waals surface area contributed by atoms with Gasteiger partial charge in [0.15, 0.2) is 0 Å². The molecule has 0 atom stereocenters. The van der Waals surface area contributed by atoms with E-state index in [0.29, 0.717) is 24.8 Å². The van der Waals surface area contributed by atoms with Crippen LogP contribution in [0.4, 0.5) is 0 Å². The van der Waals surface area contributed by atoms with Gasteiger partial charge in [0.25, 0.3) is 0 Å². The number of halogens is 1. The number of hydrogen-bond acceptors (Lipinski definition) is 5. The number of nitrogens with zero attached hydrogens (tertiary/aromatic N) is 3. The molecular formula is C22H24ClN3O3. The fourth-order valence-corrected chi connectivity index (χ4v) is 3.46. The summed E-state index contributed by atoms with van der Waals surface area (Å²) in [5, 5.41) is 4.91. The van der Waals surface area contributed by atoms with Crippen LogP contribution < -0.4 is 4.74 Å². The first-order valence-electron chi connectivity index (χ1n) is 9.50. The Bertz CT molecular complexity index is 961. The Labute approximate surface area is 175 Å². The topological polar surface area (TPSA) is 58.4 Å². The molecule has 0 bridgehead atoms. The Kier molecular flexibility index (Phi) is 5.34. The van der Waals surface area contributed by atoms with Crippen molar-refractivity contribution in [1.29, 1.82) is 0 Å². The summed E-state index contributed by atoms with van der Waals surface area (Å²) in [4.78, 5) is 4.04. The van der Waals surface area contributed by atoms with Crippen molar-refractivity contribution in [3.05, 3.63) is 71.3 Å². The molecule has 0 amide bonds. The van der Waals surface area contributed by atoms with Crippen LogP contribution in [0.1, 0.15) is 25.0 Å². The highest BCUT2D eigenvalue weighted by molar-refractivity contribution is 6.30. The predicted octanol–water partition coefficient (Wildman–Crippen LogP) is 4.96. The Morgan fingerprint density at radius 3 is 2.38 bits per heavy atom. The van der Waals surface area contributed by atoms with Gasteiger partial charge < -0.3 is 14.2 Å². The van der Waals surface area contributed by atoms with E-state index in [0.717, 1.165) is 22.6 Å². The van der Waals surface area contributed by atoms with E-state index in [9.17, 15) is 0 Å². The molecule has 2 heterocycles. The average Bonchev–Trinajstić information content (AvgIpc) is 3.19. The van der Waals surface area contributed by atoms with Crippen LogP contribution in [-0.4, -0.2) is 28.0 Å². The second kappa shape index (κ2) is 7.78. The van der Waals surface area contributed by atoms with Crippen molar-refractivity contribution >= 4 is 11.6 Å². The van der Waals surface area contributed by atoms with Gasteiger partial charge in [-0.15, -0.1) is 0 Å². The Morgan fingerprint density at radius 2 is 1.76 bits per heavy atom. The minimum absolute atomic E-state index is 0.0442. The first-order valence-corrected chi connectivity index (χ1v) is 9.88. The minimum Gasteiger partial charge on any atom is -0.457 e. The summed E-state index contributed by atoms with van der Waals surface area (Å²) in [7, 11) is 0. The SMILES string of the molecule is Cc1cc(Oc2ccc(Cl)cc2)ccc1C1(Cn2cncn2)OCC(C)(C)CO1. The van der Waals surface area contributed by atoms with Crippen molar-refractivity contribution in [2.45, 2.75) is 33.1 Å². The molecule has 1 aliphatic rings. The number of rotatable bonds is 5. The van der Waals surface area contributed by atoms with Crippen molar-refractivity contribution in [2.75, 3.05) is 13.2 Å². The van der Waals surface area contributed by atoms with Crippen LogP contribution in [0.2, 0.25) is 5.02 Å². The molecule has 152 valence electrons. The van der Waals surface area contributed by atoms with E-state index in [1.807, 2.05) is 37.3 Å². The van der Waals surface area contributed by atoms with Gasteiger partial charge in [0.2, 0.25) is 5.79 Å². The van der Waals surface area contributed by atoms with Crippen LogP contribution in [0.3, 0.4) is 0 Å². The monoisotopic (exact) mass is 413 g/mol. The van der Waals surface area contributed by atoms with Gasteiger partial charge in [-0.1, -0.05) is 25.4 Å². The van der Waals surface area contributed by atoms with E-state index in [-0.39, 0.29) is 5.41 Å². The molecule has 0 spiro atoms. The smallest absolute Gasteiger partial charge is 0.215 e. The lowest BCUT2D eigenvalue weighted by atomic mass is 9.92. The summed E-state index contributed by atoms with van der Waals surface area (Å²) < 4.78 is 20.3. The van der Waals surface area contributed by atoms with E-state index in [4.69, 9.17) is 25.8 Å². The highest BCUT2D eigenvalue weighted by Crippen LogP contribution is 2.40. The van der Waals surface area contributed by atoms with E-state index in [1.165, 1.54) is 6.33 Å². The minimum atomic E-state index is -0.924. The van der Waals surface area contributed by atoms with Gasteiger partial charge in [0.1, 0.15) is 30.7 Å². The van der Waals surface area contributed by atoms with Gasteiger partial charge in [0, 0.05) is 16.0 Å². The van der Waals surface area contributed by atoms with E-state index >= 15 is 0 Å². The molecule has 4 rings (SSSR count). The van der Waals surface area contributed by atoms with Gasteiger partial charge in [0.05, 0.1) is 13.2 Å². The maximum Gasteiger partial charge on any atom is 0.215 e. The van der Waals surface area contributed by atoms with Gasteiger partial charge in [-0.25, -0.2) is 9.67 Å². The zero-order chi connectivity index (χ0) is 20.5. The van der Waals surface area contributed by atoms with Gasteiger partial charge in [-0.3, -0.25) is 0 Å². The molecule has 1 saturated heterocycles. The lowest BCUT2D eigenvalue weighted by molar-refractivity contribution is -0.315. The highest BCUT2D eigenvalue weighted by atomic mass is 35.5. The molecular weight excluding hydrogens is 390 g/mol. The van der Waals surface area contributed by atoms with Crippen LogP contribution >= 0.6 is 11.6 Å². The van der Waals surface area contributed by atoms with E-state index in [1.54, 1.807) is 23.1 Å². The molecule has 7 heteroatoms. The molecule has 2 aromatic carbocycles. The third-order valence-corrected chi connectivity index (χ3v) is 5.14. The third-order valence-electron chi connectivity index (χ3n) is 4.89. The standard InChI is InChI=1S/C22H24ClN3O3/c1-16-10-19(29-18-6-4-17(23)5-7-18)8-9-20(16)22(11-26-15-24-14-25-26)27-12-21(2,3)13-28-22/h4-10,14-15H,11-13H2,1-3H3. The number of aromatic nitrogens is 3. The van der Waals surface area contributed by atoms with Crippen molar-refractivity contribution < 1.29 is 14.2 Å². The fourth-order valence-electron chi connectivity index (χ4n) is 3.33. The summed E-state index contributed by atoms with van der Waals surface area (Å²) in [6.07, 6.45) is 3.18. The number of ether oxygens (including phenoxy) is 3. The first kappa shape index (κ1) is 19.9. The lowest BCUT2D eigenvalue weighted by Gasteiger charge is -2.44. The summed E-state index contributed by atoms with van der Waals surface area (Å²) in [6.45, 7) is 7.87. The van der Waals surface area contributed by atoms with Crippen LogP contribution in [0.5, 0.6) is 11.5 Å². The molecule has 1 fully saturated rings. The number of hydrogen-bond donors (Lipinski definition) is 0. The zero-order valence-electron chi connectivity index (χ0n) is 16.8. The average molecular weight is 414 g/mol. The molecule has 0 N–H and O–H groups in total. The summed E-state index contributed by atoms with van der Waals surface area (Å²) in [6, 6.07) is 13.2. The summed E-state index contributed by atoms with van der Waals surface area (Å²) >= 11 is 5.95. The molecule has 0 radical (unpaired) electrons. The van der Waals surface area contributed by atoms with Gasteiger partial charge in [-0.05, 0) is 55.0 Å². The van der Waals surface area contributed by atoms with Gasteiger partial charge >= 0.3 is 0 Å². The highest BCUT2D eigenvalue weighted by Gasteiger charge is 2.43. The third kappa shape index (κ3) is 4.45. The Balaban J connectivity index is 1.63.